The molecule has 27 heavy (non-hydrogen) atoms. The summed E-state index contributed by atoms with van der Waals surface area (Å²) in [5.74, 6) is 2.04. The molecule has 5 rings (SSSR count). The molecule has 0 radical (unpaired) electrons. The molecule has 1 aromatic heterocycles. The fourth-order valence-corrected chi connectivity index (χ4v) is 4.74. The number of amides is 2. The lowest BCUT2D eigenvalue weighted by molar-refractivity contribution is -0.135. The number of anilines is 1. The second-order valence-corrected chi connectivity index (χ2v) is 7.91. The Labute approximate surface area is 157 Å². The van der Waals surface area contributed by atoms with Crippen molar-refractivity contribution in [1.82, 2.24) is 25.3 Å². The number of aryl methyl sites for hydroxylation is 1. The first-order chi connectivity index (χ1) is 13.1. The molecule has 142 valence electrons. The number of nitrogens with one attached hydrogen (secondary N) is 2. The average molecular weight is 368 g/mol. The van der Waals surface area contributed by atoms with Gasteiger partial charge in [-0.2, -0.15) is 0 Å². The quantitative estimate of drug-likeness (QED) is 0.794. The van der Waals surface area contributed by atoms with Gasteiger partial charge in [0.05, 0.1) is 11.0 Å². The lowest BCUT2D eigenvalue weighted by Gasteiger charge is -2.28. The Kier molecular flexibility index (Phi) is 3.82. The molecule has 0 saturated carbocycles. The van der Waals surface area contributed by atoms with Crippen molar-refractivity contribution < 1.29 is 9.59 Å². The fraction of sp³-hybridized carbons (Fsp3) is 0.526. The molecule has 0 bridgehead atoms. The Balaban J connectivity index is 1.26. The van der Waals surface area contributed by atoms with Gasteiger partial charge in [0.15, 0.2) is 0 Å². The zero-order chi connectivity index (χ0) is 18.5. The predicted molar refractivity (Wildman–Crippen MR) is 101 cm³/mol. The van der Waals surface area contributed by atoms with E-state index in [0.717, 1.165) is 43.2 Å². The molecule has 1 aromatic carbocycles. The number of likely N-dealkylation sites (tertiary alicyclic amines) is 1. The van der Waals surface area contributed by atoms with E-state index in [9.17, 15) is 9.59 Å². The Morgan fingerprint density at radius 3 is 2.56 bits per heavy atom. The van der Waals surface area contributed by atoms with Gasteiger partial charge in [-0.25, -0.2) is 10.4 Å². The predicted octanol–water partition coefficient (Wildman–Crippen LogP) is 0.251. The molecule has 0 spiro atoms. The second kappa shape index (κ2) is 6.23. The van der Waals surface area contributed by atoms with Gasteiger partial charge in [0.25, 0.3) is 0 Å². The zero-order valence-corrected chi connectivity index (χ0v) is 15.4. The number of aromatic nitrogens is 2. The number of hydrogen-bond acceptors (Lipinski definition) is 5. The molecule has 3 unspecified atom stereocenters. The van der Waals surface area contributed by atoms with Crippen molar-refractivity contribution in [2.45, 2.75) is 18.9 Å². The van der Waals surface area contributed by atoms with E-state index in [1.54, 1.807) is 0 Å². The number of imidazole rings is 1. The van der Waals surface area contributed by atoms with E-state index >= 15 is 0 Å². The van der Waals surface area contributed by atoms with Crippen LogP contribution in [0.2, 0.25) is 0 Å². The van der Waals surface area contributed by atoms with Crippen LogP contribution in [0.15, 0.2) is 24.3 Å². The molecule has 2 amide bonds. The maximum Gasteiger partial charge on any atom is 0.241 e. The van der Waals surface area contributed by atoms with E-state index in [4.69, 9.17) is 4.98 Å². The van der Waals surface area contributed by atoms with Gasteiger partial charge in [-0.05, 0) is 18.6 Å². The number of carbonyl (C=O) groups is 2. The van der Waals surface area contributed by atoms with Crippen LogP contribution < -0.4 is 15.8 Å². The fourth-order valence-electron chi connectivity index (χ4n) is 4.74. The van der Waals surface area contributed by atoms with E-state index in [-0.39, 0.29) is 17.9 Å². The smallest absolute Gasteiger partial charge is 0.241 e. The molecule has 2 aromatic rings. The van der Waals surface area contributed by atoms with E-state index in [2.05, 4.69) is 33.4 Å². The number of hydrazine groups is 1. The van der Waals surface area contributed by atoms with Crippen LogP contribution in [-0.4, -0.2) is 58.5 Å². The number of benzene rings is 1. The van der Waals surface area contributed by atoms with Crippen LogP contribution in [0.4, 0.5) is 5.95 Å². The summed E-state index contributed by atoms with van der Waals surface area (Å²) in [6, 6.07) is 7.91. The van der Waals surface area contributed by atoms with E-state index in [0.29, 0.717) is 24.7 Å². The van der Waals surface area contributed by atoms with Crippen LogP contribution >= 0.6 is 0 Å². The summed E-state index contributed by atoms with van der Waals surface area (Å²) in [7, 11) is 2.07. The highest BCUT2D eigenvalue weighted by atomic mass is 16.2. The van der Waals surface area contributed by atoms with E-state index < -0.39 is 0 Å². The van der Waals surface area contributed by atoms with Crippen molar-refractivity contribution in [2.24, 2.45) is 18.9 Å². The topological polar surface area (TPSA) is 82.5 Å². The highest BCUT2D eigenvalue weighted by Crippen LogP contribution is 2.35. The highest BCUT2D eigenvalue weighted by Gasteiger charge is 2.44. The SMILES string of the molecule is Cn1c(N2CC3CN(C(=O)C4CCC(=O)NN4)CC3C2)nc2ccccc21. The van der Waals surface area contributed by atoms with Crippen molar-refractivity contribution in [2.75, 3.05) is 31.1 Å². The van der Waals surface area contributed by atoms with Gasteiger partial charge >= 0.3 is 0 Å². The summed E-state index contributed by atoms with van der Waals surface area (Å²) >= 11 is 0. The van der Waals surface area contributed by atoms with Crippen LogP contribution in [0.25, 0.3) is 11.0 Å². The molecule has 0 aliphatic carbocycles. The minimum Gasteiger partial charge on any atom is -0.342 e. The molecule has 3 atom stereocenters. The van der Waals surface area contributed by atoms with Crippen LogP contribution in [0.5, 0.6) is 0 Å². The minimum absolute atomic E-state index is 0.0459. The third-order valence-electron chi connectivity index (χ3n) is 6.19. The molecule has 8 heteroatoms. The standard InChI is InChI=1S/C19H24N6O2/c1-23-16-5-3-2-4-14(16)20-19(23)25-10-12-8-24(9-13(12)11-25)18(27)15-6-7-17(26)22-21-15/h2-5,12-13,15,21H,6-11H2,1H3,(H,22,26). The first-order valence-electron chi connectivity index (χ1n) is 9.59. The van der Waals surface area contributed by atoms with Crippen molar-refractivity contribution in [1.29, 1.82) is 0 Å². The molecule has 3 saturated heterocycles. The number of para-hydroxylation sites is 2. The van der Waals surface area contributed by atoms with Gasteiger partial charge in [0.1, 0.15) is 6.04 Å². The highest BCUT2D eigenvalue weighted by molar-refractivity contribution is 5.85. The third kappa shape index (κ3) is 2.75. The summed E-state index contributed by atoms with van der Waals surface area (Å²) in [6.45, 7) is 3.44. The van der Waals surface area contributed by atoms with Crippen molar-refractivity contribution >= 4 is 28.8 Å². The molecule has 3 aliphatic rings. The van der Waals surface area contributed by atoms with Crippen molar-refractivity contribution in [3.63, 3.8) is 0 Å². The number of nitrogens with zero attached hydrogens (tertiary/aromatic N) is 4. The third-order valence-corrected chi connectivity index (χ3v) is 6.19. The lowest BCUT2D eigenvalue weighted by atomic mass is 10.0. The number of rotatable bonds is 2. The second-order valence-electron chi connectivity index (χ2n) is 7.91. The monoisotopic (exact) mass is 368 g/mol. The minimum atomic E-state index is -0.294. The zero-order valence-electron chi connectivity index (χ0n) is 15.4. The van der Waals surface area contributed by atoms with Gasteiger partial charge in [-0.3, -0.25) is 15.0 Å². The van der Waals surface area contributed by atoms with Gasteiger partial charge in [0, 0.05) is 51.5 Å². The number of carbonyl (C=O) groups excluding carboxylic acids is 2. The first-order valence-corrected chi connectivity index (χ1v) is 9.59. The number of fused-ring (bicyclic) bond motifs is 2. The molecule has 4 heterocycles. The molecule has 3 fully saturated rings. The Morgan fingerprint density at radius 2 is 1.89 bits per heavy atom. The lowest BCUT2D eigenvalue weighted by Crippen LogP contribution is -2.56. The summed E-state index contributed by atoms with van der Waals surface area (Å²) in [5, 5.41) is 0. The average Bonchev–Trinajstić information content (AvgIpc) is 3.33. The van der Waals surface area contributed by atoms with Gasteiger partial charge in [-0.15, -0.1) is 0 Å². The van der Waals surface area contributed by atoms with Gasteiger partial charge in [-0.1, -0.05) is 12.1 Å². The van der Waals surface area contributed by atoms with Crippen molar-refractivity contribution in [3.05, 3.63) is 24.3 Å². The summed E-state index contributed by atoms with van der Waals surface area (Å²) < 4.78 is 2.16. The van der Waals surface area contributed by atoms with E-state index in [1.807, 2.05) is 23.1 Å². The summed E-state index contributed by atoms with van der Waals surface area (Å²) in [6.07, 6.45) is 0.979. The summed E-state index contributed by atoms with van der Waals surface area (Å²) in [4.78, 5) is 33.1. The van der Waals surface area contributed by atoms with Crippen LogP contribution in [-0.2, 0) is 16.6 Å². The molecular weight excluding hydrogens is 344 g/mol. The molecule has 2 N–H and O–H groups in total. The Bertz CT molecular complexity index is 885. The molecule has 8 nitrogen and oxygen atoms in total. The van der Waals surface area contributed by atoms with Gasteiger partial charge < -0.3 is 14.4 Å². The van der Waals surface area contributed by atoms with Crippen LogP contribution in [0.3, 0.4) is 0 Å². The summed E-state index contributed by atoms with van der Waals surface area (Å²) in [5.41, 5.74) is 7.60. The maximum atomic E-state index is 12.7. The first kappa shape index (κ1) is 16.6. The Hall–Kier alpha value is -2.61. The largest absolute Gasteiger partial charge is 0.342 e. The van der Waals surface area contributed by atoms with E-state index in [1.165, 1.54) is 0 Å². The van der Waals surface area contributed by atoms with Gasteiger partial charge in [0.2, 0.25) is 17.8 Å². The molecule has 3 aliphatic heterocycles. The normalized spacial score (nSPS) is 27.9. The van der Waals surface area contributed by atoms with Crippen molar-refractivity contribution in [3.8, 4) is 0 Å². The maximum absolute atomic E-state index is 12.7. The molecular formula is C19H24N6O2. The van der Waals surface area contributed by atoms with Crippen LogP contribution in [0.1, 0.15) is 12.8 Å². The van der Waals surface area contributed by atoms with Crippen LogP contribution in [0, 0.1) is 11.8 Å². The Morgan fingerprint density at radius 1 is 1.15 bits per heavy atom. The number of hydrogen-bond donors (Lipinski definition) is 2.